The molecule has 3 rings (SSSR count). The normalized spacial score (nSPS) is 12.0. The number of aromatic amines is 1. The molecule has 0 aliphatic rings. The summed E-state index contributed by atoms with van der Waals surface area (Å²) in [7, 11) is 1.68. The first-order valence-electron chi connectivity index (χ1n) is 8.18. The number of likely N-dealkylation sites (N-methyl/N-ethyl adjacent to an activating group) is 1. The van der Waals surface area contributed by atoms with E-state index < -0.39 is 0 Å². The van der Waals surface area contributed by atoms with Crippen LogP contribution in [0.4, 0.5) is 0 Å². The monoisotopic (exact) mass is 342 g/mol. The van der Waals surface area contributed by atoms with Gasteiger partial charge in [-0.1, -0.05) is 26.0 Å². The predicted octanol–water partition coefficient (Wildman–Crippen LogP) is 4.11. The maximum absolute atomic E-state index is 12.2. The fraction of sp³-hybridized carbons (Fsp3) is 0.316. The lowest BCUT2D eigenvalue weighted by atomic mass is 10.0. The minimum absolute atomic E-state index is 0.0317. The molecule has 0 saturated heterocycles. The Morgan fingerprint density at radius 1 is 1.25 bits per heavy atom. The number of hydrogen-bond donors (Lipinski definition) is 1. The molecule has 126 valence electrons. The number of H-pyrrole nitrogens is 1. The molecule has 2 aromatic heterocycles. The van der Waals surface area contributed by atoms with E-state index in [4.69, 9.17) is 4.74 Å². The molecule has 4 nitrogen and oxygen atoms in total. The molecular formula is C19H22N2O2S. The van der Waals surface area contributed by atoms with Gasteiger partial charge in [-0.25, -0.2) is 0 Å². The number of ether oxygens (including phenoxy) is 1. The molecule has 0 bridgehead atoms. The minimum Gasteiger partial charge on any atom is -0.496 e. The molecule has 0 aliphatic heterocycles. The topological polar surface area (TPSA) is 45.3 Å². The van der Waals surface area contributed by atoms with Crippen molar-refractivity contribution >= 4 is 38.4 Å². The SMILES string of the molecule is CCN(CC)CC=Cc1c(OC)ccc2[nH]c(=O)c3sccc3c12. The lowest BCUT2D eigenvalue weighted by Crippen LogP contribution is -2.22. The van der Waals surface area contributed by atoms with Gasteiger partial charge in [-0.2, -0.15) is 0 Å². The number of benzene rings is 1. The minimum atomic E-state index is -0.0317. The van der Waals surface area contributed by atoms with Gasteiger partial charge in [0, 0.05) is 28.4 Å². The molecule has 1 N–H and O–H groups in total. The van der Waals surface area contributed by atoms with Crippen molar-refractivity contribution in [2.75, 3.05) is 26.7 Å². The Hall–Kier alpha value is -2.11. The molecule has 0 unspecified atom stereocenters. The summed E-state index contributed by atoms with van der Waals surface area (Å²) in [5.41, 5.74) is 1.83. The summed E-state index contributed by atoms with van der Waals surface area (Å²) >= 11 is 1.47. The summed E-state index contributed by atoms with van der Waals surface area (Å²) < 4.78 is 6.32. The first-order chi connectivity index (χ1) is 11.7. The third kappa shape index (κ3) is 2.97. The Bertz CT molecular complexity index is 936. The van der Waals surface area contributed by atoms with Crippen LogP contribution in [0.15, 0.2) is 34.4 Å². The number of hydrogen-bond acceptors (Lipinski definition) is 4. The van der Waals surface area contributed by atoms with Crippen LogP contribution in [0.25, 0.3) is 27.1 Å². The van der Waals surface area contributed by atoms with Gasteiger partial charge in [0.2, 0.25) is 0 Å². The van der Waals surface area contributed by atoms with E-state index in [1.165, 1.54) is 11.3 Å². The van der Waals surface area contributed by atoms with Crippen LogP contribution >= 0.6 is 11.3 Å². The van der Waals surface area contributed by atoms with E-state index in [0.717, 1.165) is 51.9 Å². The van der Waals surface area contributed by atoms with Gasteiger partial charge in [-0.05, 0) is 36.7 Å². The van der Waals surface area contributed by atoms with E-state index in [-0.39, 0.29) is 5.56 Å². The maximum Gasteiger partial charge on any atom is 0.266 e. The molecule has 3 aromatic rings. The van der Waals surface area contributed by atoms with Crippen molar-refractivity contribution in [2.24, 2.45) is 0 Å². The Kier molecular flexibility index (Phi) is 5.02. The zero-order valence-corrected chi connectivity index (χ0v) is 15.1. The molecule has 5 heteroatoms. The molecule has 2 heterocycles. The van der Waals surface area contributed by atoms with Gasteiger partial charge in [-0.15, -0.1) is 11.3 Å². The summed E-state index contributed by atoms with van der Waals surface area (Å²) in [5.74, 6) is 0.817. The van der Waals surface area contributed by atoms with E-state index >= 15 is 0 Å². The third-order valence-corrected chi connectivity index (χ3v) is 5.27. The zero-order valence-electron chi connectivity index (χ0n) is 14.3. The van der Waals surface area contributed by atoms with Gasteiger partial charge in [0.05, 0.1) is 7.11 Å². The number of nitrogens with one attached hydrogen (secondary N) is 1. The van der Waals surface area contributed by atoms with Gasteiger partial charge in [-0.3, -0.25) is 4.79 Å². The van der Waals surface area contributed by atoms with E-state index in [1.807, 2.05) is 23.6 Å². The number of pyridine rings is 1. The fourth-order valence-electron chi connectivity index (χ4n) is 3.00. The molecule has 0 atom stereocenters. The molecular weight excluding hydrogens is 320 g/mol. The number of aromatic nitrogens is 1. The van der Waals surface area contributed by atoms with Gasteiger partial charge in [0.25, 0.3) is 5.56 Å². The summed E-state index contributed by atoms with van der Waals surface area (Å²) in [6, 6.07) is 5.83. The van der Waals surface area contributed by atoms with Crippen molar-refractivity contribution in [1.29, 1.82) is 0 Å². The summed E-state index contributed by atoms with van der Waals surface area (Å²) in [5, 5.41) is 3.99. The molecule has 1 aromatic carbocycles. The third-order valence-electron chi connectivity index (χ3n) is 4.36. The first-order valence-corrected chi connectivity index (χ1v) is 9.06. The second kappa shape index (κ2) is 7.20. The number of nitrogens with zero attached hydrogens (tertiary/aromatic N) is 1. The van der Waals surface area contributed by atoms with Gasteiger partial charge >= 0.3 is 0 Å². The van der Waals surface area contributed by atoms with Crippen molar-refractivity contribution < 1.29 is 4.74 Å². The molecule has 0 aliphatic carbocycles. The number of fused-ring (bicyclic) bond motifs is 3. The molecule has 0 amide bonds. The Labute approximate surface area is 145 Å². The van der Waals surface area contributed by atoms with E-state index in [0.29, 0.717) is 0 Å². The van der Waals surface area contributed by atoms with Crippen molar-refractivity contribution in [3.63, 3.8) is 0 Å². The van der Waals surface area contributed by atoms with Crippen LogP contribution in [0.5, 0.6) is 5.75 Å². The Morgan fingerprint density at radius 3 is 2.75 bits per heavy atom. The highest BCUT2D eigenvalue weighted by Gasteiger charge is 2.12. The average Bonchev–Trinajstić information content (AvgIpc) is 3.09. The Balaban J connectivity index is 2.18. The number of thiophene rings is 1. The largest absolute Gasteiger partial charge is 0.496 e. The second-order valence-corrected chi connectivity index (χ2v) is 6.53. The van der Waals surface area contributed by atoms with Crippen LogP contribution < -0.4 is 10.3 Å². The molecule has 0 spiro atoms. The van der Waals surface area contributed by atoms with Crippen LogP contribution in [0.2, 0.25) is 0 Å². The van der Waals surface area contributed by atoms with Gasteiger partial charge < -0.3 is 14.6 Å². The summed E-state index contributed by atoms with van der Waals surface area (Å²) in [6.07, 6.45) is 4.27. The first kappa shape index (κ1) is 16.7. The van der Waals surface area contributed by atoms with E-state index in [9.17, 15) is 4.79 Å². The van der Waals surface area contributed by atoms with Crippen LogP contribution in [-0.2, 0) is 0 Å². The lowest BCUT2D eigenvalue weighted by Gasteiger charge is -2.15. The van der Waals surface area contributed by atoms with Gasteiger partial charge in [0.15, 0.2) is 0 Å². The molecule has 0 saturated carbocycles. The van der Waals surface area contributed by atoms with Crippen molar-refractivity contribution in [3.05, 3.63) is 45.6 Å². The lowest BCUT2D eigenvalue weighted by molar-refractivity contribution is 0.338. The molecule has 0 fully saturated rings. The Morgan fingerprint density at radius 2 is 2.04 bits per heavy atom. The van der Waals surface area contributed by atoms with Crippen molar-refractivity contribution in [3.8, 4) is 5.75 Å². The molecule has 24 heavy (non-hydrogen) atoms. The average molecular weight is 342 g/mol. The quantitative estimate of drug-likeness (QED) is 0.733. The van der Waals surface area contributed by atoms with Crippen LogP contribution in [-0.4, -0.2) is 36.6 Å². The van der Waals surface area contributed by atoms with Crippen LogP contribution in [0.1, 0.15) is 19.4 Å². The maximum atomic E-state index is 12.2. The predicted molar refractivity (Wildman–Crippen MR) is 103 cm³/mol. The molecule has 0 radical (unpaired) electrons. The zero-order chi connectivity index (χ0) is 17.1. The van der Waals surface area contributed by atoms with Crippen molar-refractivity contribution in [1.82, 2.24) is 9.88 Å². The fourth-order valence-corrected chi connectivity index (χ4v) is 3.80. The van der Waals surface area contributed by atoms with E-state index in [1.54, 1.807) is 7.11 Å². The van der Waals surface area contributed by atoms with Crippen LogP contribution in [0, 0.1) is 0 Å². The highest BCUT2D eigenvalue weighted by molar-refractivity contribution is 7.17. The number of methoxy groups -OCH3 is 1. The highest BCUT2D eigenvalue weighted by atomic mass is 32.1. The highest BCUT2D eigenvalue weighted by Crippen LogP contribution is 2.34. The smallest absolute Gasteiger partial charge is 0.266 e. The van der Waals surface area contributed by atoms with Crippen molar-refractivity contribution in [2.45, 2.75) is 13.8 Å². The standard InChI is InChI=1S/C19H22N2O2S/c1-4-21(5-2)11-6-7-13-16(23-3)9-8-15-17(13)14-10-12-24-18(14)19(22)20-15/h6-10,12H,4-5,11H2,1-3H3,(H,20,22). The van der Waals surface area contributed by atoms with Crippen LogP contribution in [0.3, 0.4) is 0 Å². The van der Waals surface area contributed by atoms with E-state index in [2.05, 4.69) is 35.9 Å². The summed E-state index contributed by atoms with van der Waals surface area (Å²) in [4.78, 5) is 17.5. The second-order valence-electron chi connectivity index (χ2n) is 5.61. The summed E-state index contributed by atoms with van der Waals surface area (Å²) in [6.45, 7) is 7.26. The van der Waals surface area contributed by atoms with Gasteiger partial charge in [0.1, 0.15) is 10.4 Å². The number of rotatable bonds is 6.